The molecule has 1 fully saturated rings. The van der Waals surface area contributed by atoms with Gasteiger partial charge < -0.3 is 10.6 Å². The van der Waals surface area contributed by atoms with Gasteiger partial charge in [-0.05, 0) is 71.8 Å². The summed E-state index contributed by atoms with van der Waals surface area (Å²) in [4.78, 5) is 18.9. The second-order valence-electron chi connectivity index (χ2n) is 10.0. The lowest BCUT2D eigenvalue weighted by atomic mass is 9.77. The predicted molar refractivity (Wildman–Crippen MR) is 125 cm³/mol. The number of nitrogens with zero attached hydrogens (tertiary/aromatic N) is 2. The van der Waals surface area contributed by atoms with Gasteiger partial charge in [0, 0.05) is 40.7 Å². The standard InChI is InChI=1S/C25H30F2N4O/c1-24(2)12-16(13-25(3,4)31(24)5)29-20-10-9-15(11-19(20)27)28-14-17-22-18(26)7-6-8-21(22)30-23(17)32/h6-11,14,16-17,29H,12-13H2,1-5H3,(H,30,32). The van der Waals surface area contributed by atoms with Crippen molar-refractivity contribution < 1.29 is 13.6 Å². The normalized spacial score (nSPS) is 22.7. The first-order chi connectivity index (χ1) is 15.0. The number of halogens is 2. The molecule has 0 bridgehead atoms. The van der Waals surface area contributed by atoms with Crippen LogP contribution in [0.1, 0.15) is 52.0 Å². The van der Waals surface area contributed by atoms with Crippen LogP contribution in [0.4, 0.5) is 25.8 Å². The maximum absolute atomic E-state index is 14.9. The van der Waals surface area contributed by atoms with Gasteiger partial charge in [-0.1, -0.05) is 6.07 Å². The van der Waals surface area contributed by atoms with Gasteiger partial charge in [0.1, 0.15) is 17.6 Å². The van der Waals surface area contributed by atoms with Gasteiger partial charge in [-0.25, -0.2) is 8.78 Å². The number of nitrogens with one attached hydrogen (secondary N) is 2. The number of benzene rings is 2. The third kappa shape index (κ3) is 4.13. The molecule has 0 aliphatic carbocycles. The van der Waals surface area contributed by atoms with Crippen LogP contribution in [0.15, 0.2) is 41.4 Å². The SMILES string of the molecule is CN1C(C)(C)CC(Nc2ccc(N=CC3C(=O)Nc4cccc(F)c43)cc2F)CC1(C)C. The van der Waals surface area contributed by atoms with E-state index in [0.29, 0.717) is 17.1 Å². The molecule has 0 saturated carbocycles. The van der Waals surface area contributed by atoms with Crippen molar-refractivity contribution >= 4 is 29.2 Å². The quantitative estimate of drug-likeness (QED) is 0.620. The zero-order valence-corrected chi connectivity index (χ0v) is 19.2. The first-order valence-electron chi connectivity index (χ1n) is 10.9. The average Bonchev–Trinajstić information content (AvgIpc) is 3.02. The minimum absolute atomic E-state index is 0.00640. The zero-order valence-electron chi connectivity index (χ0n) is 19.2. The highest BCUT2D eigenvalue weighted by molar-refractivity contribution is 6.12. The Morgan fingerprint density at radius 1 is 1.09 bits per heavy atom. The van der Waals surface area contributed by atoms with E-state index in [0.717, 1.165) is 12.8 Å². The Hall–Kier alpha value is -2.80. The van der Waals surface area contributed by atoms with Crippen molar-refractivity contribution in [1.82, 2.24) is 4.90 Å². The van der Waals surface area contributed by atoms with Crippen LogP contribution in [0.2, 0.25) is 0 Å². The third-order valence-corrected chi connectivity index (χ3v) is 6.90. The Labute approximate surface area is 187 Å². The summed E-state index contributed by atoms with van der Waals surface area (Å²) in [7, 11) is 2.14. The van der Waals surface area contributed by atoms with Gasteiger partial charge in [0.05, 0.1) is 11.4 Å². The molecule has 7 heteroatoms. The van der Waals surface area contributed by atoms with Crippen LogP contribution in [0, 0.1) is 11.6 Å². The van der Waals surface area contributed by atoms with Gasteiger partial charge in [0.25, 0.3) is 0 Å². The van der Waals surface area contributed by atoms with Gasteiger partial charge in [-0.3, -0.25) is 14.7 Å². The van der Waals surface area contributed by atoms with Crippen LogP contribution < -0.4 is 10.6 Å². The molecule has 2 aromatic carbocycles. The van der Waals surface area contributed by atoms with Crippen LogP contribution in [0.3, 0.4) is 0 Å². The first-order valence-corrected chi connectivity index (χ1v) is 10.9. The molecule has 1 unspecified atom stereocenters. The highest BCUT2D eigenvalue weighted by Gasteiger charge is 2.43. The first kappa shape index (κ1) is 22.4. The minimum Gasteiger partial charge on any atom is -0.380 e. The van der Waals surface area contributed by atoms with Crippen LogP contribution in [-0.4, -0.2) is 41.2 Å². The van der Waals surface area contributed by atoms with Crippen molar-refractivity contribution in [2.75, 3.05) is 17.7 Å². The highest BCUT2D eigenvalue weighted by atomic mass is 19.1. The Balaban J connectivity index is 1.50. The zero-order chi connectivity index (χ0) is 23.3. The van der Waals surface area contributed by atoms with Crippen molar-refractivity contribution in [3.63, 3.8) is 0 Å². The van der Waals surface area contributed by atoms with E-state index in [9.17, 15) is 13.6 Å². The largest absolute Gasteiger partial charge is 0.380 e. The smallest absolute Gasteiger partial charge is 0.237 e. The number of carbonyl (C=O) groups excluding carboxylic acids is 1. The topological polar surface area (TPSA) is 56.7 Å². The summed E-state index contributed by atoms with van der Waals surface area (Å²) in [5.41, 5.74) is 1.50. The number of aliphatic imine (C=N–C) groups is 1. The second kappa shape index (κ2) is 7.96. The van der Waals surface area contributed by atoms with Crippen molar-refractivity contribution in [1.29, 1.82) is 0 Å². The van der Waals surface area contributed by atoms with Crippen molar-refractivity contribution in [3.05, 3.63) is 53.6 Å². The molecule has 2 aliphatic rings. The third-order valence-electron chi connectivity index (χ3n) is 6.90. The number of rotatable bonds is 4. The summed E-state index contributed by atoms with van der Waals surface area (Å²) in [5.74, 6) is -2.06. The van der Waals surface area contributed by atoms with E-state index < -0.39 is 17.6 Å². The molecule has 1 amide bonds. The molecule has 2 N–H and O–H groups in total. The molecule has 4 rings (SSSR count). The number of hydrogen-bond acceptors (Lipinski definition) is 4. The van der Waals surface area contributed by atoms with Crippen LogP contribution in [-0.2, 0) is 4.79 Å². The Morgan fingerprint density at radius 3 is 2.44 bits per heavy atom. The number of carbonyl (C=O) groups is 1. The van der Waals surface area contributed by atoms with E-state index in [2.05, 4.69) is 55.3 Å². The maximum Gasteiger partial charge on any atom is 0.237 e. The van der Waals surface area contributed by atoms with Crippen LogP contribution >= 0.6 is 0 Å². The fraction of sp³-hybridized carbons (Fsp3) is 0.440. The molecule has 5 nitrogen and oxygen atoms in total. The average molecular weight is 441 g/mol. The molecule has 0 spiro atoms. The number of anilines is 2. The van der Waals surface area contributed by atoms with Gasteiger partial charge in [0.2, 0.25) is 5.91 Å². The summed E-state index contributed by atoms with van der Waals surface area (Å²) in [5, 5.41) is 6.01. The van der Waals surface area contributed by atoms with Crippen LogP contribution in [0.5, 0.6) is 0 Å². The van der Waals surface area contributed by atoms with E-state index in [4.69, 9.17) is 0 Å². The molecular weight excluding hydrogens is 410 g/mol. The Kier molecular flexibility index (Phi) is 5.57. The fourth-order valence-electron chi connectivity index (χ4n) is 5.00. The van der Waals surface area contributed by atoms with Crippen LogP contribution in [0.25, 0.3) is 0 Å². The summed E-state index contributed by atoms with van der Waals surface area (Å²) in [6.45, 7) is 8.82. The summed E-state index contributed by atoms with van der Waals surface area (Å²) < 4.78 is 29.0. The number of likely N-dealkylation sites (tertiary alicyclic amines) is 1. The van der Waals surface area contributed by atoms with Crippen molar-refractivity contribution in [3.8, 4) is 0 Å². The second-order valence-corrected chi connectivity index (χ2v) is 10.0. The number of piperidine rings is 1. The highest BCUT2D eigenvalue weighted by Crippen LogP contribution is 2.38. The molecule has 1 saturated heterocycles. The van der Waals surface area contributed by atoms with E-state index in [1.807, 2.05) is 0 Å². The summed E-state index contributed by atoms with van der Waals surface area (Å²) >= 11 is 0. The summed E-state index contributed by atoms with van der Waals surface area (Å²) in [6, 6.07) is 9.34. The lowest BCUT2D eigenvalue weighted by Gasteiger charge is -2.53. The molecular formula is C25H30F2N4O. The van der Waals surface area contributed by atoms with Gasteiger partial charge in [0.15, 0.2) is 0 Å². The molecule has 0 radical (unpaired) electrons. The van der Waals surface area contributed by atoms with Gasteiger partial charge >= 0.3 is 0 Å². The lowest BCUT2D eigenvalue weighted by molar-refractivity contribution is -0.115. The maximum atomic E-state index is 14.9. The molecule has 170 valence electrons. The number of hydrogen-bond donors (Lipinski definition) is 2. The molecule has 0 aromatic heterocycles. The van der Waals surface area contributed by atoms with E-state index in [1.54, 1.807) is 24.3 Å². The van der Waals surface area contributed by atoms with E-state index in [1.165, 1.54) is 18.3 Å². The monoisotopic (exact) mass is 440 g/mol. The Morgan fingerprint density at radius 2 is 1.78 bits per heavy atom. The summed E-state index contributed by atoms with van der Waals surface area (Å²) in [6.07, 6.45) is 3.16. The van der Waals surface area contributed by atoms with Crippen molar-refractivity contribution in [2.24, 2.45) is 4.99 Å². The lowest BCUT2D eigenvalue weighted by Crippen LogP contribution is -2.61. The van der Waals surface area contributed by atoms with E-state index >= 15 is 0 Å². The van der Waals surface area contributed by atoms with Gasteiger partial charge in [-0.2, -0.15) is 0 Å². The molecule has 1 atom stereocenters. The molecule has 2 aromatic rings. The Bertz CT molecular complexity index is 1060. The fourth-order valence-corrected chi connectivity index (χ4v) is 5.00. The van der Waals surface area contributed by atoms with E-state index in [-0.39, 0.29) is 28.6 Å². The minimum atomic E-state index is -0.837. The number of fused-ring (bicyclic) bond motifs is 1. The van der Waals surface area contributed by atoms with Gasteiger partial charge in [-0.15, -0.1) is 0 Å². The molecule has 2 heterocycles. The van der Waals surface area contributed by atoms with Crippen molar-refractivity contribution in [2.45, 2.75) is 63.6 Å². The predicted octanol–water partition coefficient (Wildman–Crippen LogP) is 5.47. The number of amides is 1. The molecule has 32 heavy (non-hydrogen) atoms. The molecule has 2 aliphatic heterocycles.